The number of aromatic nitrogens is 2. The predicted octanol–water partition coefficient (Wildman–Crippen LogP) is 3.27. The van der Waals surface area contributed by atoms with Crippen molar-refractivity contribution in [2.75, 3.05) is 7.05 Å². The minimum atomic E-state index is -0.436. The number of aliphatic imine (C=N–C) groups is 1. The van der Waals surface area contributed by atoms with Gasteiger partial charge >= 0.3 is 0 Å². The van der Waals surface area contributed by atoms with Gasteiger partial charge in [0.25, 0.3) is 0 Å². The second-order valence-electron chi connectivity index (χ2n) is 5.66. The third-order valence-corrected chi connectivity index (χ3v) is 3.71. The molecule has 0 saturated heterocycles. The lowest BCUT2D eigenvalue weighted by Gasteiger charge is -2.12. The summed E-state index contributed by atoms with van der Waals surface area (Å²) in [5.74, 6) is 0.817. The number of nitrogens with zero attached hydrogens (tertiary/aromatic N) is 3. The maximum absolute atomic E-state index is 14.3. The monoisotopic (exact) mass is 365 g/mol. The van der Waals surface area contributed by atoms with E-state index in [1.54, 1.807) is 43.7 Å². The molecule has 0 aliphatic carbocycles. The Kier molecular flexibility index (Phi) is 6.30. The van der Waals surface area contributed by atoms with E-state index < -0.39 is 5.82 Å². The standard InChI is InChI=1S/C20H20FN5O/c1-22-20(26-13-16-5-2-3-10-24-16)25-12-15-7-8-19(18(21)11-15)27-17-6-4-9-23-14-17/h2-11,14H,12-13H2,1H3,(H2,22,25,26). The van der Waals surface area contributed by atoms with Crippen LogP contribution in [0, 0.1) is 5.82 Å². The van der Waals surface area contributed by atoms with E-state index in [9.17, 15) is 4.39 Å². The number of nitrogens with one attached hydrogen (secondary N) is 2. The largest absolute Gasteiger partial charge is 0.453 e. The van der Waals surface area contributed by atoms with Gasteiger partial charge in [0.1, 0.15) is 5.75 Å². The average Bonchev–Trinajstić information content (AvgIpc) is 2.71. The first-order valence-electron chi connectivity index (χ1n) is 8.45. The zero-order valence-corrected chi connectivity index (χ0v) is 14.9. The van der Waals surface area contributed by atoms with Crippen LogP contribution in [0.2, 0.25) is 0 Å². The van der Waals surface area contributed by atoms with E-state index in [1.165, 1.54) is 12.3 Å². The van der Waals surface area contributed by atoms with Gasteiger partial charge in [-0.05, 0) is 42.0 Å². The molecular weight excluding hydrogens is 345 g/mol. The molecule has 0 radical (unpaired) electrons. The number of hydrogen-bond donors (Lipinski definition) is 2. The molecule has 0 aliphatic heterocycles. The second-order valence-corrected chi connectivity index (χ2v) is 5.66. The highest BCUT2D eigenvalue weighted by atomic mass is 19.1. The maximum Gasteiger partial charge on any atom is 0.191 e. The van der Waals surface area contributed by atoms with Crippen LogP contribution in [0.15, 0.2) is 72.1 Å². The normalized spacial score (nSPS) is 11.1. The summed E-state index contributed by atoms with van der Waals surface area (Å²) in [4.78, 5) is 12.3. The lowest BCUT2D eigenvalue weighted by atomic mass is 10.2. The third kappa shape index (κ3) is 5.50. The van der Waals surface area contributed by atoms with E-state index >= 15 is 0 Å². The van der Waals surface area contributed by atoms with Crippen LogP contribution in [0.3, 0.4) is 0 Å². The van der Waals surface area contributed by atoms with Crippen LogP contribution in [-0.4, -0.2) is 23.0 Å². The fraction of sp³-hybridized carbons (Fsp3) is 0.150. The summed E-state index contributed by atoms with van der Waals surface area (Å²) < 4.78 is 19.8. The first-order chi connectivity index (χ1) is 13.2. The minimum absolute atomic E-state index is 0.157. The van der Waals surface area contributed by atoms with E-state index in [4.69, 9.17) is 4.74 Å². The maximum atomic E-state index is 14.3. The summed E-state index contributed by atoms with van der Waals surface area (Å²) >= 11 is 0. The number of pyridine rings is 2. The number of guanidine groups is 1. The number of hydrogen-bond acceptors (Lipinski definition) is 4. The first kappa shape index (κ1) is 18.3. The van der Waals surface area contributed by atoms with Crippen molar-refractivity contribution in [2.24, 2.45) is 4.99 Å². The van der Waals surface area contributed by atoms with Gasteiger partial charge in [-0.15, -0.1) is 0 Å². The third-order valence-electron chi connectivity index (χ3n) is 3.71. The van der Waals surface area contributed by atoms with Gasteiger partial charge in [-0.2, -0.15) is 0 Å². The molecule has 0 fully saturated rings. The molecule has 3 aromatic rings. The lowest BCUT2D eigenvalue weighted by molar-refractivity contribution is 0.440. The highest BCUT2D eigenvalue weighted by Gasteiger charge is 2.07. The van der Waals surface area contributed by atoms with Gasteiger partial charge in [-0.25, -0.2) is 4.39 Å². The van der Waals surface area contributed by atoms with Crippen LogP contribution in [0.5, 0.6) is 11.5 Å². The Morgan fingerprint density at radius 2 is 1.96 bits per heavy atom. The Labute approximate surface area is 157 Å². The van der Waals surface area contributed by atoms with Crippen LogP contribution in [0.1, 0.15) is 11.3 Å². The smallest absolute Gasteiger partial charge is 0.191 e. The van der Waals surface area contributed by atoms with Gasteiger partial charge in [0.05, 0.1) is 18.4 Å². The zero-order valence-electron chi connectivity index (χ0n) is 14.9. The van der Waals surface area contributed by atoms with E-state index in [2.05, 4.69) is 25.6 Å². The molecule has 3 rings (SSSR count). The zero-order chi connectivity index (χ0) is 18.9. The molecule has 27 heavy (non-hydrogen) atoms. The summed E-state index contributed by atoms with van der Waals surface area (Å²) in [6, 6.07) is 14.0. The van der Waals surface area contributed by atoms with Crippen molar-refractivity contribution >= 4 is 5.96 Å². The van der Waals surface area contributed by atoms with Crippen molar-refractivity contribution in [3.8, 4) is 11.5 Å². The molecule has 0 saturated carbocycles. The van der Waals surface area contributed by atoms with Crippen LogP contribution in [0.4, 0.5) is 4.39 Å². The van der Waals surface area contributed by atoms with Crippen molar-refractivity contribution in [2.45, 2.75) is 13.1 Å². The molecule has 0 spiro atoms. The van der Waals surface area contributed by atoms with Crippen molar-refractivity contribution in [3.63, 3.8) is 0 Å². The fourth-order valence-electron chi connectivity index (χ4n) is 2.35. The quantitative estimate of drug-likeness (QED) is 0.518. The van der Waals surface area contributed by atoms with Gasteiger partial charge in [0.2, 0.25) is 0 Å². The van der Waals surface area contributed by atoms with Gasteiger partial charge < -0.3 is 15.4 Å². The topological polar surface area (TPSA) is 71.4 Å². The molecule has 6 nitrogen and oxygen atoms in total. The molecule has 0 unspecified atom stereocenters. The highest BCUT2D eigenvalue weighted by molar-refractivity contribution is 5.79. The fourth-order valence-corrected chi connectivity index (χ4v) is 2.35. The lowest BCUT2D eigenvalue weighted by Crippen LogP contribution is -2.36. The molecule has 2 aromatic heterocycles. The molecule has 0 aliphatic rings. The Morgan fingerprint density at radius 3 is 2.67 bits per heavy atom. The SMILES string of the molecule is CN=C(NCc1ccc(Oc2cccnc2)c(F)c1)NCc1ccccn1. The second kappa shape index (κ2) is 9.28. The molecule has 0 bridgehead atoms. The van der Waals surface area contributed by atoms with E-state index in [1.807, 2.05) is 18.2 Å². The molecule has 0 atom stereocenters. The van der Waals surface area contributed by atoms with Crippen LogP contribution < -0.4 is 15.4 Å². The number of benzene rings is 1. The van der Waals surface area contributed by atoms with E-state index in [0.717, 1.165) is 11.3 Å². The molecular formula is C20H20FN5O. The first-order valence-corrected chi connectivity index (χ1v) is 8.45. The minimum Gasteiger partial charge on any atom is -0.453 e. The molecule has 2 heterocycles. The summed E-state index contributed by atoms with van der Waals surface area (Å²) in [7, 11) is 1.68. The van der Waals surface area contributed by atoms with Gasteiger partial charge in [0, 0.05) is 26.0 Å². The molecule has 138 valence electrons. The molecule has 0 amide bonds. The molecule has 2 N–H and O–H groups in total. The molecule has 7 heteroatoms. The Bertz CT molecular complexity index is 887. The van der Waals surface area contributed by atoms with Gasteiger partial charge in [-0.3, -0.25) is 15.0 Å². The summed E-state index contributed by atoms with van der Waals surface area (Å²) in [6.07, 6.45) is 4.91. The summed E-state index contributed by atoms with van der Waals surface area (Å²) in [5.41, 5.74) is 1.68. The van der Waals surface area contributed by atoms with E-state index in [0.29, 0.717) is 24.8 Å². The Morgan fingerprint density at radius 1 is 1.07 bits per heavy atom. The molecule has 1 aromatic carbocycles. The number of halogens is 1. The van der Waals surface area contributed by atoms with Crippen molar-refractivity contribution in [3.05, 3.63) is 84.2 Å². The summed E-state index contributed by atoms with van der Waals surface area (Å²) in [5, 5.41) is 6.31. The Hall–Kier alpha value is -3.48. The predicted molar refractivity (Wildman–Crippen MR) is 102 cm³/mol. The van der Waals surface area contributed by atoms with Crippen LogP contribution >= 0.6 is 0 Å². The van der Waals surface area contributed by atoms with Gasteiger partial charge in [0.15, 0.2) is 17.5 Å². The van der Waals surface area contributed by atoms with Crippen molar-refractivity contribution in [1.82, 2.24) is 20.6 Å². The Balaban J connectivity index is 1.54. The highest BCUT2D eigenvalue weighted by Crippen LogP contribution is 2.24. The van der Waals surface area contributed by atoms with Crippen molar-refractivity contribution in [1.29, 1.82) is 0 Å². The average molecular weight is 365 g/mol. The number of ether oxygens (including phenoxy) is 1. The van der Waals surface area contributed by atoms with Crippen LogP contribution in [-0.2, 0) is 13.1 Å². The summed E-state index contributed by atoms with van der Waals surface area (Å²) in [6.45, 7) is 0.971. The van der Waals surface area contributed by atoms with Crippen LogP contribution in [0.25, 0.3) is 0 Å². The van der Waals surface area contributed by atoms with Gasteiger partial charge in [-0.1, -0.05) is 12.1 Å². The van der Waals surface area contributed by atoms with Crippen molar-refractivity contribution < 1.29 is 9.13 Å². The number of rotatable bonds is 6. The van der Waals surface area contributed by atoms with E-state index in [-0.39, 0.29) is 5.75 Å².